The largest absolute Gasteiger partial charge is 0.299 e. The van der Waals surface area contributed by atoms with Crippen LogP contribution in [0.15, 0.2) is 0 Å². The molecule has 3 rings (SSSR count). The van der Waals surface area contributed by atoms with Gasteiger partial charge in [-0.2, -0.15) is 0 Å². The van der Waals surface area contributed by atoms with Crippen molar-refractivity contribution in [2.24, 2.45) is 17.8 Å². The van der Waals surface area contributed by atoms with Gasteiger partial charge in [0.25, 0.3) is 0 Å². The standard InChI is InChI=1S/C15H25NO/c1-3-11-7-15(2,8-11)16-9-12-5-4-6-13(10-16)14(12)17/h11-13H,3-10H2,1-2H3. The lowest BCUT2D eigenvalue weighted by atomic mass is 9.65. The molecule has 2 atom stereocenters. The molecule has 96 valence electrons. The number of carbonyl (C=O) groups excluding carboxylic acids is 1. The van der Waals surface area contributed by atoms with E-state index in [1.807, 2.05) is 0 Å². The van der Waals surface area contributed by atoms with Crippen LogP contribution in [0.1, 0.15) is 52.4 Å². The second-order valence-corrected chi connectivity index (χ2v) is 6.81. The molecule has 0 spiro atoms. The molecular formula is C15H25NO. The van der Waals surface area contributed by atoms with E-state index < -0.39 is 0 Å². The van der Waals surface area contributed by atoms with Crippen LogP contribution in [0.5, 0.6) is 0 Å². The SMILES string of the molecule is CCC1CC(C)(N2CC3CCCC(C2)C3=O)C1. The van der Waals surface area contributed by atoms with E-state index in [2.05, 4.69) is 18.7 Å². The monoisotopic (exact) mass is 235 g/mol. The Morgan fingerprint density at radius 1 is 1.24 bits per heavy atom. The summed E-state index contributed by atoms with van der Waals surface area (Å²) < 4.78 is 0. The number of rotatable bonds is 2. The predicted molar refractivity (Wildman–Crippen MR) is 68.8 cm³/mol. The minimum Gasteiger partial charge on any atom is -0.299 e. The molecule has 2 bridgehead atoms. The van der Waals surface area contributed by atoms with Gasteiger partial charge in [0, 0.05) is 30.5 Å². The van der Waals surface area contributed by atoms with Crippen LogP contribution in [0.2, 0.25) is 0 Å². The van der Waals surface area contributed by atoms with Gasteiger partial charge in [-0.15, -0.1) is 0 Å². The molecule has 0 N–H and O–H groups in total. The number of hydrogen-bond donors (Lipinski definition) is 0. The molecule has 0 amide bonds. The summed E-state index contributed by atoms with van der Waals surface area (Å²) in [6.45, 7) is 6.84. The van der Waals surface area contributed by atoms with Crippen molar-refractivity contribution in [2.75, 3.05) is 13.1 Å². The number of ketones is 1. The van der Waals surface area contributed by atoms with E-state index in [4.69, 9.17) is 0 Å². The van der Waals surface area contributed by atoms with Gasteiger partial charge in [0.05, 0.1) is 0 Å². The fraction of sp³-hybridized carbons (Fsp3) is 0.933. The molecule has 1 aliphatic heterocycles. The third-order valence-corrected chi connectivity index (χ3v) is 5.59. The summed E-state index contributed by atoms with van der Waals surface area (Å²) in [5, 5.41) is 0. The molecule has 0 aromatic rings. The highest BCUT2D eigenvalue weighted by Gasteiger charge is 2.48. The van der Waals surface area contributed by atoms with Crippen molar-refractivity contribution < 1.29 is 4.79 Å². The normalized spacial score (nSPS) is 46.7. The maximum absolute atomic E-state index is 12.1. The van der Waals surface area contributed by atoms with Crippen LogP contribution in [0.25, 0.3) is 0 Å². The molecule has 3 fully saturated rings. The van der Waals surface area contributed by atoms with Gasteiger partial charge in [-0.1, -0.05) is 19.8 Å². The lowest BCUT2D eigenvalue weighted by Gasteiger charge is -2.56. The average molecular weight is 235 g/mol. The van der Waals surface area contributed by atoms with Crippen LogP contribution >= 0.6 is 0 Å². The maximum atomic E-state index is 12.1. The van der Waals surface area contributed by atoms with E-state index in [0.29, 0.717) is 23.2 Å². The number of fused-ring (bicyclic) bond motifs is 2. The quantitative estimate of drug-likeness (QED) is 0.733. The molecule has 2 nitrogen and oxygen atoms in total. The summed E-state index contributed by atoms with van der Waals surface area (Å²) >= 11 is 0. The Balaban J connectivity index is 1.68. The molecule has 2 aliphatic carbocycles. The lowest BCUT2D eigenvalue weighted by Crippen LogP contribution is -2.62. The molecule has 17 heavy (non-hydrogen) atoms. The number of hydrogen-bond acceptors (Lipinski definition) is 2. The second-order valence-electron chi connectivity index (χ2n) is 6.81. The van der Waals surface area contributed by atoms with Crippen molar-refractivity contribution in [3.05, 3.63) is 0 Å². The zero-order valence-electron chi connectivity index (χ0n) is 11.2. The first kappa shape index (κ1) is 11.7. The van der Waals surface area contributed by atoms with Crippen molar-refractivity contribution in [3.8, 4) is 0 Å². The van der Waals surface area contributed by atoms with Crippen LogP contribution in [-0.4, -0.2) is 29.3 Å². The lowest BCUT2D eigenvalue weighted by molar-refractivity contribution is -0.140. The van der Waals surface area contributed by atoms with Gasteiger partial charge in [0.1, 0.15) is 5.78 Å². The summed E-state index contributed by atoms with van der Waals surface area (Å²) in [6, 6.07) is 0. The first-order valence-corrected chi connectivity index (χ1v) is 7.41. The Labute approximate surface area is 105 Å². The Kier molecular flexibility index (Phi) is 2.81. The van der Waals surface area contributed by atoms with E-state index >= 15 is 0 Å². The molecule has 0 aromatic carbocycles. The summed E-state index contributed by atoms with van der Waals surface area (Å²) in [4.78, 5) is 14.7. The van der Waals surface area contributed by atoms with E-state index in [9.17, 15) is 4.79 Å². The Morgan fingerprint density at radius 2 is 1.82 bits per heavy atom. The fourth-order valence-electron chi connectivity index (χ4n) is 4.37. The molecule has 1 heterocycles. The number of Topliss-reactive ketones (excluding diaryl/α,β-unsaturated/α-hetero) is 1. The Morgan fingerprint density at radius 3 is 2.35 bits per heavy atom. The summed E-state index contributed by atoms with van der Waals surface area (Å²) in [5.41, 5.74) is 0.426. The smallest absolute Gasteiger partial charge is 0.141 e. The van der Waals surface area contributed by atoms with Crippen molar-refractivity contribution in [1.29, 1.82) is 0 Å². The van der Waals surface area contributed by atoms with Gasteiger partial charge in [-0.3, -0.25) is 9.69 Å². The fourth-order valence-corrected chi connectivity index (χ4v) is 4.37. The first-order valence-electron chi connectivity index (χ1n) is 7.41. The van der Waals surface area contributed by atoms with E-state index in [-0.39, 0.29) is 0 Å². The average Bonchev–Trinajstić information content (AvgIpc) is 2.24. The number of likely N-dealkylation sites (tertiary alicyclic amines) is 1. The van der Waals surface area contributed by atoms with Gasteiger partial charge in [0.2, 0.25) is 0 Å². The van der Waals surface area contributed by atoms with Gasteiger partial charge in [-0.05, 0) is 38.5 Å². The zero-order chi connectivity index (χ0) is 12.0. The van der Waals surface area contributed by atoms with Crippen LogP contribution in [0, 0.1) is 17.8 Å². The van der Waals surface area contributed by atoms with Gasteiger partial charge in [0.15, 0.2) is 0 Å². The number of piperidine rings is 1. The minimum absolute atomic E-state index is 0.375. The van der Waals surface area contributed by atoms with Crippen LogP contribution < -0.4 is 0 Å². The van der Waals surface area contributed by atoms with E-state index in [1.165, 1.54) is 25.7 Å². The maximum Gasteiger partial charge on any atom is 0.141 e. The second kappa shape index (κ2) is 4.08. The molecule has 1 saturated heterocycles. The third kappa shape index (κ3) is 1.85. The molecule has 0 radical (unpaired) electrons. The van der Waals surface area contributed by atoms with Gasteiger partial charge in [-0.25, -0.2) is 0 Å². The molecule has 2 saturated carbocycles. The predicted octanol–water partition coefficient (Wildman–Crippen LogP) is 2.87. The molecule has 0 aromatic heterocycles. The molecule has 2 unspecified atom stereocenters. The van der Waals surface area contributed by atoms with Gasteiger partial charge < -0.3 is 0 Å². The van der Waals surface area contributed by atoms with Crippen LogP contribution in [-0.2, 0) is 4.79 Å². The van der Waals surface area contributed by atoms with Crippen LogP contribution in [0.4, 0.5) is 0 Å². The third-order valence-electron chi connectivity index (χ3n) is 5.59. The van der Waals surface area contributed by atoms with E-state index in [1.54, 1.807) is 0 Å². The summed E-state index contributed by atoms with van der Waals surface area (Å²) in [7, 11) is 0. The Bertz CT molecular complexity index is 303. The minimum atomic E-state index is 0.375. The summed E-state index contributed by atoms with van der Waals surface area (Å²) in [6.07, 6.45) is 7.63. The highest BCUT2D eigenvalue weighted by molar-refractivity contribution is 5.85. The zero-order valence-corrected chi connectivity index (χ0v) is 11.2. The molecule has 3 aliphatic rings. The Hall–Kier alpha value is -0.370. The summed E-state index contributed by atoms with van der Waals surface area (Å²) in [5.74, 6) is 2.28. The van der Waals surface area contributed by atoms with Crippen molar-refractivity contribution in [3.63, 3.8) is 0 Å². The molecule has 2 heteroatoms. The highest BCUT2D eigenvalue weighted by Crippen LogP contribution is 2.46. The van der Waals surface area contributed by atoms with Crippen molar-refractivity contribution in [1.82, 2.24) is 4.90 Å². The van der Waals surface area contributed by atoms with Crippen molar-refractivity contribution >= 4 is 5.78 Å². The highest BCUT2D eigenvalue weighted by atomic mass is 16.1. The van der Waals surface area contributed by atoms with E-state index in [0.717, 1.165) is 31.8 Å². The topological polar surface area (TPSA) is 20.3 Å². The van der Waals surface area contributed by atoms with Crippen LogP contribution in [0.3, 0.4) is 0 Å². The first-order chi connectivity index (χ1) is 8.12. The number of nitrogens with zero attached hydrogens (tertiary/aromatic N) is 1. The van der Waals surface area contributed by atoms with Crippen molar-refractivity contribution in [2.45, 2.75) is 57.9 Å². The van der Waals surface area contributed by atoms with Gasteiger partial charge >= 0.3 is 0 Å². The molecular weight excluding hydrogens is 210 g/mol. The number of carbonyl (C=O) groups is 1.